The summed E-state index contributed by atoms with van der Waals surface area (Å²) in [4.78, 5) is 34.7. The van der Waals surface area contributed by atoms with Gasteiger partial charge in [-0.15, -0.1) is 22.5 Å². The van der Waals surface area contributed by atoms with Crippen molar-refractivity contribution in [2.45, 2.75) is 101 Å². The van der Waals surface area contributed by atoms with E-state index in [1.54, 1.807) is 12.4 Å². The van der Waals surface area contributed by atoms with Crippen molar-refractivity contribution in [1.29, 1.82) is 5.26 Å². The van der Waals surface area contributed by atoms with Crippen molar-refractivity contribution in [3.63, 3.8) is 0 Å². The molecule has 9 rings (SSSR count). The van der Waals surface area contributed by atoms with Crippen LogP contribution in [0.1, 0.15) is 62.7 Å². The number of aliphatic carboxylic acids is 1. The quantitative estimate of drug-likeness (QED) is 0.0607. The fraction of sp³-hybridized carbons (Fsp3) is 0.510. The minimum absolute atomic E-state index is 0. The van der Waals surface area contributed by atoms with Crippen LogP contribution < -0.4 is 16.0 Å². The first-order chi connectivity index (χ1) is 35.5. The molecule has 0 bridgehead atoms. The Morgan fingerprint density at radius 1 is 0.920 bits per heavy atom. The third-order valence-corrected chi connectivity index (χ3v) is 14.3. The smallest absolute Gasteiger partial charge is 0.475 e. The topological polar surface area (TPSA) is 234 Å². The van der Waals surface area contributed by atoms with E-state index < -0.39 is 12.1 Å². The molecule has 3 aromatic heterocycles. The SMILES string of the molecule is CSC(=NC#N)N1CCC(=O)CC1.C[C@@H]([C@H]1CN(C2CCN(c3n[nH]c(N)n3)CC2)[C@@H](Cc2ccc(Cl)cc2)CO1)n1cccn1.C[C@@H]([C@H]1CN[C@@H](Cc2ccc(Cl)cc2)CO1)n1cccn1.Cl.O=C(O)C(F)(F)F. The number of hydrogen-bond acceptors (Lipinski definition) is 15. The van der Waals surface area contributed by atoms with Crippen molar-refractivity contribution >= 4 is 76.2 Å². The van der Waals surface area contributed by atoms with Gasteiger partial charge in [0.05, 0.1) is 37.5 Å². The predicted octanol–water partition coefficient (Wildman–Crippen LogP) is 7.38. The maximum atomic E-state index is 10.9. The Morgan fingerprint density at radius 2 is 1.47 bits per heavy atom. The number of aromatic amines is 1. The molecule has 4 saturated heterocycles. The highest BCUT2D eigenvalue weighted by molar-refractivity contribution is 8.13. The average Bonchev–Trinajstić information content (AvgIpc) is 4.23. The van der Waals surface area contributed by atoms with E-state index in [1.807, 2.05) is 75.5 Å². The lowest BCUT2D eigenvalue weighted by atomic mass is 9.95. The number of rotatable bonds is 10. The molecule has 4 aliphatic heterocycles. The summed E-state index contributed by atoms with van der Waals surface area (Å²) in [5.74, 6) is -1.41. The van der Waals surface area contributed by atoms with Crippen LogP contribution >= 0.6 is 47.4 Å². The van der Waals surface area contributed by atoms with Gasteiger partial charge in [-0.25, -0.2) is 9.89 Å². The van der Waals surface area contributed by atoms with Crippen molar-refractivity contribution in [3.05, 3.63) is 107 Å². The molecule has 5 aromatic rings. The molecule has 26 heteroatoms. The van der Waals surface area contributed by atoms with Gasteiger partial charge in [-0.05, 0) is 93.3 Å². The van der Waals surface area contributed by atoms with Gasteiger partial charge in [-0.3, -0.25) is 19.1 Å². The first kappa shape index (κ1) is 60.4. The average molecular weight is 1120 g/mol. The van der Waals surface area contributed by atoms with Crippen molar-refractivity contribution in [2.75, 3.05) is 69.4 Å². The Morgan fingerprint density at radius 3 is 1.93 bits per heavy atom. The zero-order valence-electron chi connectivity index (χ0n) is 41.8. The summed E-state index contributed by atoms with van der Waals surface area (Å²) >= 11 is 13.5. The fourth-order valence-corrected chi connectivity index (χ4v) is 9.78. The maximum Gasteiger partial charge on any atom is 0.490 e. The molecule has 0 aliphatic carbocycles. The van der Waals surface area contributed by atoms with E-state index in [1.165, 1.54) is 22.9 Å². The minimum atomic E-state index is -5.08. The molecule has 0 unspecified atom stereocenters. The number of halogens is 6. The second-order valence-electron chi connectivity index (χ2n) is 18.1. The number of benzene rings is 2. The van der Waals surface area contributed by atoms with E-state index in [-0.39, 0.29) is 36.7 Å². The molecule has 5 N–H and O–H groups in total. The van der Waals surface area contributed by atoms with Crippen LogP contribution in [0.25, 0.3) is 0 Å². The lowest BCUT2D eigenvalue weighted by Crippen LogP contribution is -2.58. The molecule has 4 fully saturated rings. The van der Waals surface area contributed by atoms with Gasteiger partial charge in [0.2, 0.25) is 18.1 Å². The monoisotopic (exact) mass is 1120 g/mol. The molecule has 0 amide bonds. The van der Waals surface area contributed by atoms with E-state index >= 15 is 0 Å². The number of aliphatic imine (C=N–C) groups is 1. The number of carboxylic acid groups (broad SMARTS) is 1. The largest absolute Gasteiger partial charge is 0.490 e. The second kappa shape index (κ2) is 29.7. The molecular weight excluding hydrogens is 1060 g/mol. The molecule has 0 saturated carbocycles. The number of carbonyl (C=O) groups is 2. The van der Waals surface area contributed by atoms with Crippen LogP contribution in [0.3, 0.4) is 0 Å². The van der Waals surface area contributed by atoms with Crippen LogP contribution in [-0.2, 0) is 31.9 Å². The standard InChI is InChI=1S/C23H31ClN8O.C16H20ClN3O.C8H11N3OS.C2HF3O2.ClH/c1-16(32-10-2-9-26-32)21-14-31(20(15-33-21)13-17-3-5-18(24)6-4-17)19-7-11-30(12-8-19)23-27-22(25)28-29-23;1-12(20-8-2-7-19-20)16-10-18-15(11-21-16)9-13-3-5-14(17)6-4-13;1-13-8(10-6-9)11-4-2-7(12)3-5-11;3-2(4,5)1(6)7;/h2-6,9-10,16,19-21H,7-8,11-15H2,1H3,(H3,25,27,28,29);2-8,12,15-16,18H,9-11H2,1H3;2-5H2,1H3;(H,6,7);1H/t16-,20-,21+;12-,15-,16+;;;/m00.../s1. The molecule has 408 valence electrons. The van der Waals surface area contributed by atoms with Crippen LogP contribution in [0, 0.1) is 11.5 Å². The number of piperidine rings is 2. The highest BCUT2D eigenvalue weighted by atomic mass is 35.5. The number of carboxylic acids is 1. The summed E-state index contributed by atoms with van der Waals surface area (Å²) in [6.45, 7) is 10.7. The summed E-state index contributed by atoms with van der Waals surface area (Å²) in [6.07, 6.45) is 11.6. The number of H-pyrrole nitrogens is 1. The number of anilines is 2. The normalized spacial score (nSPS) is 21.4. The highest BCUT2D eigenvalue weighted by Crippen LogP contribution is 2.30. The minimum Gasteiger partial charge on any atom is -0.475 e. The number of aromatic nitrogens is 7. The molecule has 19 nitrogen and oxygen atoms in total. The number of nitrogens with two attached hydrogens (primary N) is 1. The zero-order chi connectivity index (χ0) is 53.2. The summed E-state index contributed by atoms with van der Waals surface area (Å²) < 4.78 is 48.1. The van der Waals surface area contributed by atoms with Gasteiger partial charge >= 0.3 is 12.1 Å². The third-order valence-electron chi connectivity index (χ3n) is 13.1. The third kappa shape index (κ3) is 18.7. The number of nitrogen functional groups attached to an aromatic ring is 1. The number of carbonyl (C=O) groups excluding carboxylic acids is 1. The number of Topliss-reactive ketones (excluding diaryl/α,β-unsaturated/α-hetero) is 1. The molecule has 0 spiro atoms. The number of ether oxygens (including phenoxy) is 2. The van der Waals surface area contributed by atoms with Crippen molar-refractivity contribution < 1.29 is 37.3 Å². The first-order valence-corrected chi connectivity index (χ1v) is 26.2. The Bertz CT molecular complexity index is 2530. The number of likely N-dealkylation sites (tertiary alicyclic amines) is 1. The van der Waals surface area contributed by atoms with E-state index in [0.717, 1.165) is 73.7 Å². The molecule has 75 heavy (non-hydrogen) atoms. The van der Waals surface area contributed by atoms with Gasteiger partial charge in [0.25, 0.3) is 0 Å². The fourth-order valence-electron chi connectivity index (χ4n) is 8.96. The summed E-state index contributed by atoms with van der Waals surface area (Å²) in [6, 6.07) is 21.7. The Kier molecular flexibility index (Phi) is 24.0. The van der Waals surface area contributed by atoms with Gasteiger partial charge in [0, 0.05) is 105 Å². The number of nitrogens with zero attached hydrogens (tertiary/aromatic N) is 11. The highest BCUT2D eigenvalue weighted by Gasteiger charge is 2.39. The molecular formula is C49H64Cl3F3N14O5S. The lowest BCUT2D eigenvalue weighted by Gasteiger charge is -2.47. The number of nitriles is 1. The number of morpholine rings is 2. The molecule has 7 heterocycles. The summed E-state index contributed by atoms with van der Waals surface area (Å²) in [5, 5.41) is 37.1. The number of ketones is 1. The Balaban J connectivity index is 0.000000211. The Hall–Kier alpha value is -5.45. The van der Waals surface area contributed by atoms with E-state index in [4.69, 9.17) is 53.6 Å². The van der Waals surface area contributed by atoms with Crippen LogP contribution in [0.15, 0.2) is 90.4 Å². The number of amidine groups is 1. The van der Waals surface area contributed by atoms with Gasteiger partial charge in [0.15, 0.2) is 5.17 Å². The lowest BCUT2D eigenvalue weighted by molar-refractivity contribution is -0.192. The predicted molar refractivity (Wildman–Crippen MR) is 285 cm³/mol. The van der Waals surface area contributed by atoms with Gasteiger partial charge < -0.3 is 35.4 Å². The summed E-state index contributed by atoms with van der Waals surface area (Å²) in [7, 11) is 0. The van der Waals surface area contributed by atoms with Gasteiger partial charge in [0.1, 0.15) is 5.78 Å². The van der Waals surface area contributed by atoms with Crippen LogP contribution in [0.5, 0.6) is 0 Å². The van der Waals surface area contributed by atoms with E-state index in [0.29, 0.717) is 68.3 Å². The van der Waals surface area contributed by atoms with Crippen molar-refractivity contribution in [2.24, 2.45) is 4.99 Å². The van der Waals surface area contributed by atoms with E-state index in [9.17, 15) is 18.0 Å². The number of alkyl halides is 3. The molecule has 0 radical (unpaired) electrons. The molecule has 2 aromatic carbocycles. The Labute approximate surface area is 454 Å². The second-order valence-corrected chi connectivity index (χ2v) is 19.7. The molecule has 6 atom stereocenters. The van der Waals surface area contributed by atoms with Crippen molar-refractivity contribution in [1.82, 2.24) is 49.9 Å². The van der Waals surface area contributed by atoms with Crippen LogP contribution in [0.2, 0.25) is 10.0 Å². The van der Waals surface area contributed by atoms with Crippen LogP contribution in [0.4, 0.5) is 25.1 Å². The number of thioether (sulfide) groups is 1. The maximum absolute atomic E-state index is 10.9. The number of nitrogens with one attached hydrogen (secondary N) is 2. The first-order valence-electron chi connectivity index (χ1n) is 24.2. The zero-order valence-corrected chi connectivity index (χ0v) is 45.0. The number of hydrogen-bond donors (Lipinski definition) is 4. The van der Waals surface area contributed by atoms with Gasteiger partial charge in [-0.2, -0.15) is 33.6 Å². The van der Waals surface area contributed by atoms with Crippen molar-refractivity contribution in [3.8, 4) is 6.19 Å². The van der Waals surface area contributed by atoms with Gasteiger partial charge in [-0.1, -0.05) is 59.2 Å². The van der Waals surface area contributed by atoms with Crippen LogP contribution in [-0.4, -0.2) is 162 Å². The summed E-state index contributed by atoms with van der Waals surface area (Å²) in [5.41, 5.74) is 8.28. The van der Waals surface area contributed by atoms with E-state index in [2.05, 4.69) is 83.6 Å². The molecule has 4 aliphatic rings.